The fourth-order valence-electron chi connectivity index (χ4n) is 3.02. The second kappa shape index (κ2) is 8.63. The topological polar surface area (TPSA) is 49.6 Å². The molecule has 2 aromatic carbocycles. The van der Waals surface area contributed by atoms with Crippen LogP contribution in [0.25, 0.3) is 0 Å². The molecule has 146 valence electrons. The summed E-state index contributed by atoms with van der Waals surface area (Å²) in [5, 5.41) is 0. The van der Waals surface area contributed by atoms with Crippen LogP contribution in [-0.4, -0.2) is 41.9 Å². The average molecular weight is 400 g/mol. The molecular weight excluding hydrogens is 379 g/mol. The summed E-state index contributed by atoms with van der Waals surface area (Å²) < 4.78 is 38.4. The minimum atomic E-state index is -4.33. The van der Waals surface area contributed by atoms with E-state index < -0.39 is 11.7 Å². The van der Waals surface area contributed by atoms with Crippen molar-refractivity contribution in [2.75, 3.05) is 31.9 Å². The number of alkyl halides is 3. The molecule has 4 nitrogen and oxygen atoms in total. The van der Waals surface area contributed by atoms with Crippen LogP contribution in [0, 0.1) is 0 Å². The number of nitrogen functional groups attached to an aromatic ring is 1. The maximum atomic E-state index is 12.8. The minimum absolute atomic E-state index is 0. The van der Waals surface area contributed by atoms with E-state index in [1.807, 2.05) is 0 Å². The number of anilines is 1. The van der Waals surface area contributed by atoms with Crippen LogP contribution in [0.3, 0.4) is 0 Å². The van der Waals surface area contributed by atoms with Crippen molar-refractivity contribution in [1.82, 2.24) is 9.80 Å². The van der Waals surface area contributed by atoms with Crippen LogP contribution in [0.15, 0.2) is 48.5 Å². The maximum Gasteiger partial charge on any atom is 0.416 e. The first kappa shape index (κ1) is 21.1. The zero-order chi connectivity index (χ0) is 18.7. The quantitative estimate of drug-likeness (QED) is 0.801. The molecule has 1 amide bonds. The molecule has 0 atom stereocenters. The van der Waals surface area contributed by atoms with Crippen molar-refractivity contribution in [2.24, 2.45) is 0 Å². The highest BCUT2D eigenvalue weighted by molar-refractivity contribution is 5.94. The van der Waals surface area contributed by atoms with Crippen LogP contribution in [0.5, 0.6) is 0 Å². The van der Waals surface area contributed by atoms with Gasteiger partial charge < -0.3 is 10.6 Å². The molecule has 1 saturated heterocycles. The number of rotatable bonds is 3. The Hall–Kier alpha value is -2.25. The number of nitrogens with zero attached hydrogens (tertiary/aromatic N) is 2. The zero-order valence-corrected chi connectivity index (χ0v) is 15.4. The summed E-state index contributed by atoms with van der Waals surface area (Å²) >= 11 is 0. The Morgan fingerprint density at radius 3 is 2.22 bits per heavy atom. The van der Waals surface area contributed by atoms with Crippen LogP contribution in [0.4, 0.5) is 18.9 Å². The number of amides is 1. The molecule has 2 aromatic rings. The number of piperazine rings is 1. The number of hydrogen-bond donors (Lipinski definition) is 1. The molecular formula is C19H21ClF3N3O. The van der Waals surface area contributed by atoms with Gasteiger partial charge in [0.25, 0.3) is 5.91 Å². The third-order valence-corrected chi connectivity index (χ3v) is 4.48. The Morgan fingerprint density at radius 2 is 1.63 bits per heavy atom. The number of carbonyl (C=O) groups excluding carboxylic acids is 1. The standard InChI is InChI=1S/C19H20F3N3O.ClH/c20-19(21,22)16-3-1-2-14(12-16)13-24-8-10-25(11-9-24)18(26)15-4-6-17(23)7-5-15;/h1-7,12H,8-11,13,23H2;1H. The molecule has 0 bridgehead atoms. The molecule has 1 heterocycles. The Balaban J connectivity index is 0.00000261. The van der Waals surface area contributed by atoms with Gasteiger partial charge in [-0.1, -0.05) is 18.2 Å². The van der Waals surface area contributed by atoms with E-state index >= 15 is 0 Å². The molecule has 8 heteroatoms. The van der Waals surface area contributed by atoms with E-state index in [9.17, 15) is 18.0 Å². The molecule has 0 aliphatic carbocycles. The van der Waals surface area contributed by atoms with Crippen molar-refractivity contribution >= 4 is 24.0 Å². The van der Waals surface area contributed by atoms with E-state index in [1.165, 1.54) is 12.1 Å². The summed E-state index contributed by atoms with van der Waals surface area (Å²) in [5.74, 6) is -0.0521. The van der Waals surface area contributed by atoms with Crippen LogP contribution in [-0.2, 0) is 12.7 Å². The lowest BCUT2D eigenvalue weighted by molar-refractivity contribution is -0.137. The van der Waals surface area contributed by atoms with Crippen molar-refractivity contribution in [3.8, 4) is 0 Å². The van der Waals surface area contributed by atoms with Crippen molar-refractivity contribution in [3.63, 3.8) is 0 Å². The number of hydrogen-bond acceptors (Lipinski definition) is 3. The minimum Gasteiger partial charge on any atom is -0.399 e. The molecule has 3 rings (SSSR count). The van der Waals surface area contributed by atoms with Gasteiger partial charge in [-0.15, -0.1) is 12.4 Å². The van der Waals surface area contributed by atoms with Crippen LogP contribution >= 0.6 is 12.4 Å². The maximum absolute atomic E-state index is 12.8. The summed E-state index contributed by atoms with van der Waals surface area (Å²) in [6, 6.07) is 12.2. The van der Waals surface area contributed by atoms with E-state index in [1.54, 1.807) is 35.2 Å². The van der Waals surface area contributed by atoms with Crippen molar-refractivity contribution in [2.45, 2.75) is 12.7 Å². The number of nitrogens with two attached hydrogens (primary N) is 1. The largest absolute Gasteiger partial charge is 0.416 e. The molecule has 1 aliphatic heterocycles. The van der Waals surface area contributed by atoms with E-state index in [4.69, 9.17) is 5.73 Å². The highest BCUT2D eigenvalue weighted by atomic mass is 35.5. The molecule has 1 fully saturated rings. The monoisotopic (exact) mass is 399 g/mol. The van der Waals surface area contributed by atoms with E-state index in [0.29, 0.717) is 49.5 Å². The van der Waals surface area contributed by atoms with Gasteiger partial charge in [0.2, 0.25) is 0 Å². The van der Waals surface area contributed by atoms with E-state index in [-0.39, 0.29) is 18.3 Å². The molecule has 0 spiro atoms. The fraction of sp³-hybridized carbons (Fsp3) is 0.316. The van der Waals surface area contributed by atoms with Gasteiger partial charge in [-0.3, -0.25) is 9.69 Å². The van der Waals surface area contributed by atoms with Crippen LogP contribution in [0.2, 0.25) is 0 Å². The zero-order valence-electron chi connectivity index (χ0n) is 14.6. The van der Waals surface area contributed by atoms with Crippen molar-refractivity contribution in [3.05, 3.63) is 65.2 Å². The van der Waals surface area contributed by atoms with Crippen molar-refractivity contribution < 1.29 is 18.0 Å². The predicted octanol–water partition coefficient (Wildman–Crippen LogP) is 3.67. The summed E-state index contributed by atoms with van der Waals surface area (Å²) in [6.07, 6.45) is -4.33. The second-order valence-corrected chi connectivity index (χ2v) is 6.39. The summed E-state index contributed by atoms with van der Waals surface area (Å²) in [5.41, 5.74) is 6.82. The van der Waals surface area contributed by atoms with Crippen LogP contribution < -0.4 is 5.73 Å². The number of benzene rings is 2. The fourth-order valence-corrected chi connectivity index (χ4v) is 3.02. The Bertz CT molecular complexity index is 773. The first-order valence-electron chi connectivity index (χ1n) is 8.36. The van der Waals surface area contributed by atoms with Gasteiger partial charge in [-0.25, -0.2) is 0 Å². The molecule has 27 heavy (non-hydrogen) atoms. The summed E-state index contributed by atoms with van der Waals surface area (Å²) in [6.45, 7) is 2.77. The lowest BCUT2D eigenvalue weighted by Gasteiger charge is -2.35. The second-order valence-electron chi connectivity index (χ2n) is 6.39. The molecule has 0 saturated carbocycles. The first-order chi connectivity index (χ1) is 12.3. The molecule has 1 aliphatic rings. The molecule has 0 radical (unpaired) electrons. The molecule has 2 N–H and O–H groups in total. The first-order valence-corrected chi connectivity index (χ1v) is 8.36. The van der Waals surface area contributed by atoms with E-state index in [2.05, 4.69) is 4.90 Å². The Kier molecular flexibility index (Phi) is 6.73. The van der Waals surface area contributed by atoms with Gasteiger partial charge in [0.1, 0.15) is 0 Å². The van der Waals surface area contributed by atoms with E-state index in [0.717, 1.165) is 6.07 Å². The molecule has 0 aromatic heterocycles. The van der Waals surface area contributed by atoms with Gasteiger partial charge in [0.05, 0.1) is 5.56 Å². The third kappa shape index (κ3) is 5.37. The van der Waals surface area contributed by atoms with Crippen molar-refractivity contribution in [1.29, 1.82) is 0 Å². The lowest BCUT2D eigenvalue weighted by Crippen LogP contribution is -2.48. The highest BCUT2D eigenvalue weighted by Crippen LogP contribution is 2.29. The van der Waals surface area contributed by atoms with Gasteiger partial charge in [-0.2, -0.15) is 13.2 Å². The highest BCUT2D eigenvalue weighted by Gasteiger charge is 2.30. The van der Waals surface area contributed by atoms with Gasteiger partial charge in [0, 0.05) is 44.0 Å². The van der Waals surface area contributed by atoms with Crippen LogP contribution in [0.1, 0.15) is 21.5 Å². The normalized spacial score (nSPS) is 15.3. The SMILES string of the molecule is Cl.Nc1ccc(C(=O)N2CCN(Cc3cccc(C(F)(F)F)c3)CC2)cc1. The summed E-state index contributed by atoms with van der Waals surface area (Å²) in [7, 11) is 0. The predicted molar refractivity (Wildman–Crippen MR) is 101 cm³/mol. The van der Waals surface area contributed by atoms with Gasteiger partial charge in [-0.05, 0) is 35.9 Å². The number of carbonyl (C=O) groups is 1. The lowest BCUT2D eigenvalue weighted by atomic mass is 10.1. The van der Waals surface area contributed by atoms with Gasteiger partial charge in [0.15, 0.2) is 0 Å². The smallest absolute Gasteiger partial charge is 0.399 e. The Labute approximate surface area is 162 Å². The molecule has 0 unspecified atom stereocenters. The van der Waals surface area contributed by atoms with Gasteiger partial charge >= 0.3 is 6.18 Å². The third-order valence-electron chi connectivity index (χ3n) is 4.48. The summed E-state index contributed by atoms with van der Waals surface area (Å²) in [4.78, 5) is 16.3. The average Bonchev–Trinajstić information content (AvgIpc) is 2.62. The number of halogens is 4. The Morgan fingerprint density at radius 1 is 1.00 bits per heavy atom.